The number of rotatable bonds is 6. The molecule has 9 heteroatoms. The molecule has 0 bridgehead atoms. The Hall–Kier alpha value is -2.97. The van der Waals surface area contributed by atoms with Crippen LogP contribution >= 0.6 is 0 Å². The number of aromatic amines is 2. The van der Waals surface area contributed by atoms with E-state index in [0.29, 0.717) is 37.5 Å². The van der Waals surface area contributed by atoms with Crippen molar-refractivity contribution in [2.75, 3.05) is 19.6 Å². The predicted octanol–water partition coefficient (Wildman–Crippen LogP) is 0.579. The van der Waals surface area contributed by atoms with Gasteiger partial charge in [-0.25, -0.2) is 10.1 Å². The average Bonchev–Trinajstić information content (AvgIpc) is 3.19. The lowest BCUT2D eigenvalue weighted by Crippen LogP contribution is -2.65. The normalized spacial score (nSPS) is 21.1. The van der Waals surface area contributed by atoms with E-state index in [4.69, 9.17) is 0 Å². The highest BCUT2D eigenvalue weighted by atomic mass is 16.2. The van der Waals surface area contributed by atoms with E-state index in [0.717, 1.165) is 31.4 Å². The number of nitrogens with one attached hydrogen (secondary N) is 2. The van der Waals surface area contributed by atoms with E-state index in [-0.39, 0.29) is 23.4 Å². The minimum absolute atomic E-state index is 0.149. The van der Waals surface area contributed by atoms with Gasteiger partial charge in [-0.1, -0.05) is 0 Å². The van der Waals surface area contributed by atoms with Crippen LogP contribution in [0.3, 0.4) is 0 Å². The van der Waals surface area contributed by atoms with Gasteiger partial charge in [-0.3, -0.25) is 14.4 Å². The van der Waals surface area contributed by atoms with Gasteiger partial charge >= 0.3 is 0 Å². The Morgan fingerprint density at radius 2 is 2.11 bits per heavy atom. The summed E-state index contributed by atoms with van der Waals surface area (Å²) in [7, 11) is 0. The van der Waals surface area contributed by atoms with Gasteiger partial charge < -0.3 is 14.8 Å². The number of carbonyl (C=O) groups excluding carboxylic acids is 2. The molecule has 2 fully saturated rings. The van der Waals surface area contributed by atoms with Crippen molar-refractivity contribution in [1.29, 1.82) is 0 Å². The van der Waals surface area contributed by atoms with E-state index in [1.54, 1.807) is 11.2 Å². The zero-order valence-corrected chi connectivity index (χ0v) is 15.6. The molecule has 0 unspecified atom stereocenters. The number of unbranched alkanes of at least 4 members (excludes halogenated alkanes) is 1. The molecule has 2 N–H and O–H groups in total. The summed E-state index contributed by atoms with van der Waals surface area (Å²) in [5.74, 6) is 0.367. The number of fused-ring (bicyclic) bond motifs is 1. The van der Waals surface area contributed by atoms with E-state index in [9.17, 15) is 14.4 Å². The van der Waals surface area contributed by atoms with Crippen LogP contribution in [0.25, 0.3) is 0 Å². The maximum Gasteiger partial charge on any atom is 0.264 e. The fourth-order valence-electron chi connectivity index (χ4n) is 4.15. The third kappa shape index (κ3) is 3.83. The first kappa shape index (κ1) is 18.4. The molecule has 2 atom stereocenters. The van der Waals surface area contributed by atoms with Gasteiger partial charge in [0, 0.05) is 56.0 Å². The molecule has 0 aromatic carbocycles. The quantitative estimate of drug-likeness (QED) is 0.707. The number of imidazole rings is 1. The van der Waals surface area contributed by atoms with Crippen molar-refractivity contribution in [2.24, 2.45) is 5.92 Å². The van der Waals surface area contributed by atoms with Crippen molar-refractivity contribution < 1.29 is 9.59 Å². The molecule has 2 saturated heterocycles. The van der Waals surface area contributed by atoms with E-state index in [2.05, 4.69) is 20.2 Å². The van der Waals surface area contributed by atoms with Crippen LogP contribution in [0.5, 0.6) is 0 Å². The number of H-pyrrole nitrogens is 2. The lowest BCUT2D eigenvalue weighted by Gasteiger charge is -2.53. The third-order valence-corrected chi connectivity index (χ3v) is 5.69. The predicted molar refractivity (Wildman–Crippen MR) is 101 cm³/mol. The molecule has 2 aliphatic heterocycles. The van der Waals surface area contributed by atoms with E-state index in [1.807, 2.05) is 11.1 Å². The molecular weight excluding hydrogens is 360 g/mol. The number of aryl methyl sites for hydroxylation is 1. The fourth-order valence-corrected chi connectivity index (χ4v) is 4.15. The minimum atomic E-state index is -0.379. The smallest absolute Gasteiger partial charge is 0.264 e. The molecule has 4 rings (SSSR count). The van der Waals surface area contributed by atoms with Crippen molar-refractivity contribution in [1.82, 2.24) is 30.0 Å². The number of nitrogens with zero attached hydrogens (tertiary/aromatic N) is 4. The Morgan fingerprint density at radius 1 is 1.21 bits per heavy atom. The van der Waals surface area contributed by atoms with Crippen LogP contribution in [0.1, 0.15) is 41.7 Å². The lowest BCUT2D eigenvalue weighted by atomic mass is 9.82. The zero-order chi connectivity index (χ0) is 19.5. The lowest BCUT2D eigenvalue weighted by molar-refractivity contribution is -0.136. The standard InChI is InChI=1S/C19H24N6O3/c26-17-7-13(8-22-23-17)19(28)25-11-14-10-24(6-5-16(14)25)18(27)4-2-1-3-15-9-20-12-21-15/h7-9,12,14,16H,1-6,10-11H2,(H,20,21)(H,23,26)/t14-,16-/m1/s1. The molecule has 2 amide bonds. The second-order valence-electron chi connectivity index (χ2n) is 7.53. The Morgan fingerprint density at radius 3 is 2.86 bits per heavy atom. The second kappa shape index (κ2) is 7.95. The summed E-state index contributed by atoms with van der Waals surface area (Å²) in [6.45, 7) is 2.01. The van der Waals surface area contributed by atoms with E-state index < -0.39 is 0 Å². The van der Waals surface area contributed by atoms with Crippen LogP contribution in [-0.2, 0) is 11.2 Å². The van der Waals surface area contributed by atoms with Crippen molar-refractivity contribution in [2.45, 2.75) is 38.1 Å². The first-order valence-electron chi connectivity index (χ1n) is 9.72. The van der Waals surface area contributed by atoms with Crippen LogP contribution in [-0.4, -0.2) is 67.5 Å². The summed E-state index contributed by atoms with van der Waals surface area (Å²) < 4.78 is 0. The highest BCUT2D eigenvalue weighted by Crippen LogP contribution is 2.33. The monoisotopic (exact) mass is 384 g/mol. The zero-order valence-electron chi connectivity index (χ0n) is 15.6. The molecule has 2 aliphatic rings. The first-order chi connectivity index (χ1) is 13.6. The summed E-state index contributed by atoms with van der Waals surface area (Å²) >= 11 is 0. The maximum absolute atomic E-state index is 12.6. The fraction of sp³-hybridized carbons (Fsp3) is 0.526. The number of aromatic nitrogens is 4. The van der Waals surface area contributed by atoms with Gasteiger partial charge in [0.25, 0.3) is 11.5 Å². The molecule has 2 aromatic heterocycles. The summed E-state index contributed by atoms with van der Waals surface area (Å²) in [5, 5.41) is 5.97. The second-order valence-corrected chi connectivity index (χ2v) is 7.53. The van der Waals surface area contributed by atoms with Gasteiger partial charge in [0.05, 0.1) is 18.1 Å². The third-order valence-electron chi connectivity index (χ3n) is 5.69. The molecule has 28 heavy (non-hydrogen) atoms. The number of hydrogen-bond donors (Lipinski definition) is 2. The van der Waals surface area contributed by atoms with Crippen molar-refractivity contribution in [3.8, 4) is 0 Å². The highest BCUT2D eigenvalue weighted by molar-refractivity contribution is 5.94. The molecule has 9 nitrogen and oxygen atoms in total. The topological polar surface area (TPSA) is 115 Å². The molecule has 148 valence electrons. The molecule has 0 spiro atoms. The molecule has 0 aliphatic carbocycles. The van der Waals surface area contributed by atoms with Crippen LogP contribution in [0.4, 0.5) is 0 Å². The molecule has 2 aromatic rings. The molecule has 0 radical (unpaired) electrons. The molecule has 0 saturated carbocycles. The number of carbonyl (C=O) groups is 2. The van der Waals surface area contributed by atoms with Gasteiger partial charge in [0.1, 0.15) is 0 Å². The number of likely N-dealkylation sites (tertiary alicyclic amines) is 2. The Labute approximate surface area is 162 Å². The van der Waals surface area contributed by atoms with Crippen molar-refractivity contribution >= 4 is 11.8 Å². The number of amides is 2. The Kier molecular flexibility index (Phi) is 5.23. The van der Waals surface area contributed by atoms with Gasteiger partial charge in [-0.15, -0.1) is 0 Å². The van der Waals surface area contributed by atoms with Gasteiger partial charge in [-0.2, -0.15) is 5.10 Å². The number of piperidine rings is 1. The molecular formula is C19H24N6O3. The van der Waals surface area contributed by atoms with Crippen molar-refractivity contribution in [3.63, 3.8) is 0 Å². The Bertz CT molecular complexity index is 893. The number of hydrogen-bond acceptors (Lipinski definition) is 5. The van der Waals surface area contributed by atoms with E-state index >= 15 is 0 Å². The van der Waals surface area contributed by atoms with Crippen LogP contribution in [0, 0.1) is 5.92 Å². The first-order valence-corrected chi connectivity index (χ1v) is 9.72. The summed E-state index contributed by atoms with van der Waals surface area (Å²) in [4.78, 5) is 47.2. The van der Waals surface area contributed by atoms with Crippen molar-refractivity contribution in [3.05, 3.63) is 46.4 Å². The average molecular weight is 384 g/mol. The van der Waals surface area contributed by atoms with E-state index in [1.165, 1.54) is 12.3 Å². The summed E-state index contributed by atoms with van der Waals surface area (Å²) in [6.07, 6.45) is 8.95. The summed E-state index contributed by atoms with van der Waals surface area (Å²) in [6, 6.07) is 1.43. The Balaban J connectivity index is 1.22. The van der Waals surface area contributed by atoms with Gasteiger partial charge in [-0.05, 0) is 25.7 Å². The van der Waals surface area contributed by atoms with Gasteiger partial charge in [0.15, 0.2) is 0 Å². The largest absolute Gasteiger partial charge is 0.348 e. The van der Waals surface area contributed by atoms with Crippen LogP contribution in [0.2, 0.25) is 0 Å². The summed E-state index contributed by atoms with van der Waals surface area (Å²) in [5.41, 5.74) is 1.04. The van der Waals surface area contributed by atoms with Crippen LogP contribution in [0.15, 0.2) is 29.6 Å². The minimum Gasteiger partial charge on any atom is -0.348 e. The van der Waals surface area contributed by atoms with Crippen LogP contribution < -0.4 is 5.56 Å². The maximum atomic E-state index is 12.6. The molecule has 4 heterocycles. The highest BCUT2D eigenvalue weighted by Gasteiger charge is 2.45. The van der Waals surface area contributed by atoms with Gasteiger partial charge in [0.2, 0.25) is 5.91 Å². The SMILES string of the molecule is O=C(CCCCc1cnc[nH]1)N1CC[C@@H]2[C@H](C1)CN2C(=O)c1cn[nH]c(=O)c1.